The van der Waals surface area contributed by atoms with Crippen molar-refractivity contribution in [2.45, 2.75) is 25.3 Å². The van der Waals surface area contributed by atoms with E-state index in [-0.39, 0.29) is 5.91 Å². The lowest BCUT2D eigenvalue weighted by Crippen LogP contribution is -2.45. The number of nitrogens with zero attached hydrogens (tertiary/aromatic N) is 1. The third kappa shape index (κ3) is 4.58. The predicted molar refractivity (Wildman–Crippen MR) is 85.9 cm³/mol. The lowest BCUT2D eigenvalue weighted by atomic mass is 10.1. The van der Waals surface area contributed by atoms with E-state index in [1.807, 2.05) is 31.3 Å². The van der Waals surface area contributed by atoms with Crippen LogP contribution in [0, 0.1) is 0 Å². The van der Waals surface area contributed by atoms with E-state index in [2.05, 4.69) is 31.5 Å². The van der Waals surface area contributed by atoms with Crippen LogP contribution in [0.2, 0.25) is 0 Å². The van der Waals surface area contributed by atoms with Crippen molar-refractivity contribution < 1.29 is 4.79 Å². The number of likely N-dealkylation sites (N-methyl/N-ethyl adjacent to an activating group) is 1. The summed E-state index contributed by atoms with van der Waals surface area (Å²) in [6.07, 6.45) is 2.98. The van der Waals surface area contributed by atoms with Crippen LogP contribution in [0.1, 0.15) is 19.3 Å². The van der Waals surface area contributed by atoms with Gasteiger partial charge < -0.3 is 15.5 Å². The maximum Gasteiger partial charge on any atom is 0.225 e. The first-order valence-corrected chi connectivity index (χ1v) is 7.92. The number of benzene rings is 1. The van der Waals surface area contributed by atoms with E-state index >= 15 is 0 Å². The molecule has 1 atom stereocenters. The lowest BCUT2D eigenvalue weighted by molar-refractivity contribution is -0.116. The SMILES string of the molecule is CNC1CCCN(CCC(=O)Nc2ccccc2Br)C1. The first-order valence-electron chi connectivity index (χ1n) is 7.13. The van der Waals surface area contributed by atoms with Crippen molar-refractivity contribution in [3.8, 4) is 0 Å². The van der Waals surface area contributed by atoms with Crippen molar-refractivity contribution >= 4 is 27.5 Å². The fourth-order valence-electron chi connectivity index (χ4n) is 2.53. The van der Waals surface area contributed by atoms with Crippen LogP contribution in [-0.4, -0.2) is 43.5 Å². The van der Waals surface area contributed by atoms with Crippen LogP contribution in [0.25, 0.3) is 0 Å². The Balaban J connectivity index is 1.76. The minimum absolute atomic E-state index is 0.0727. The number of rotatable bonds is 5. The second-order valence-electron chi connectivity index (χ2n) is 5.21. The summed E-state index contributed by atoms with van der Waals surface area (Å²) in [6.45, 7) is 2.97. The second kappa shape index (κ2) is 7.76. The fourth-order valence-corrected chi connectivity index (χ4v) is 2.91. The number of amides is 1. The number of piperidine rings is 1. The van der Waals surface area contributed by atoms with Gasteiger partial charge in [-0.3, -0.25) is 4.79 Å². The summed E-state index contributed by atoms with van der Waals surface area (Å²) in [5.41, 5.74) is 0.837. The number of carbonyl (C=O) groups excluding carboxylic acids is 1. The number of hydrogen-bond donors (Lipinski definition) is 2. The highest BCUT2D eigenvalue weighted by molar-refractivity contribution is 9.10. The van der Waals surface area contributed by atoms with Crippen molar-refractivity contribution in [3.05, 3.63) is 28.7 Å². The van der Waals surface area contributed by atoms with E-state index in [1.165, 1.54) is 12.8 Å². The molecule has 0 aliphatic carbocycles. The van der Waals surface area contributed by atoms with E-state index in [0.717, 1.165) is 29.8 Å². The molecule has 110 valence electrons. The Hall–Kier alpha value is -0.910. The molecular weight excluding hydrogens is 318 g/mol. The molecule has 0 bridgehead atoms. The molecule has 1 unspecified atom stereocenters. The van der Waals surface area contributed by atoms with Crippen LogP contribution >= 0.6 is 15.9 Å². The number of likely N-dealkylation sites (tertiary alicyclic amines) is 1. The van der Waals surface area contributed by atoms with E-state index in [1.54, 1.807) is 0 Å². The smallest absolute Gasteiger partial charge is 0.225 e. The zero-order valence-corrected chi connectivity index (χ0v) is 13.4. The van der Waals surface area contributed by atoms with Gasteiger partial charge in [-0.05, 0) is 54.5 Å². The molecule has 1 amide bonds. The largest absolute Gasteiger partial charge is 0.325 e. The summed E-state index contributed by atoms with van der Waals surface area (Å²) in [5.74, 6) is 0.0727. The molecule has 0 aromatic heterocycles. The number of para-hydroxylation sites is 1. The molecule has 1 aliphatic rings. The van der Waals surface area contributed by atoms with Crippen LogP contribution in [0.15, 0.2) is 28.7 Å². The molecule has 1 saturated heterocycles. The van der Waals surface area contributed by atoms with Gasteiger partial charge in [0.1, 0.15) is 0 Å². The highest BCUT2D eigenvalue weighted by Crippen LogP contribution is 2.21. The van der Waals surface area contributed by atoms with Gasteiger partial charge in [0.05, 0.1) is 5.69 Å². The number of anilines is 1. The molecular formula is C15H22BrN3O. The molecule has 0 spiro atoms. The molecule has 2 rings (SSSR count). The van der Waals surface area contributed by atoms with Crippen molar-refractivity contribution in [3.63, 3.8) is 0 Å². The summed E-state index contributed by atoms with van der Waals surface area (Å²) < 4.78 is 0.918. The van der Waals surface area contributed by atoms with Crippen LogP contribution < -0.4 is 10.6 Å². The molecule has 0 saturated carbocycles. The average molecular weight is 340 g/mol. The van der Waals surface area contributed by atoms with Crippen LogP contribution in [0.5, 0.6) is 0 Å². The molecule has 20 heavy (non-hydrogen) atoms. The van der Waals surface area contributed by atoms with Crippen molar-refractivity contribution in [2.24, 2.45) is 0 Å². The van der Waals surface area contributed by atoms with Gasteiger partial charge in [0.25, 0.3) is 0 Å². The summed E-state index contributed by atoms with van der Waals surface area (Å²) in [5, 5.41) is 6.27. The molecule has 5 heteroatoms. The standard InChI is InChI=1S/C15H22BrN3O/c1-17-12-5-4-9-19(11-12)10-8-15(20)18-14-7-3-2-6-13(14)16/h2-3,6-7,12,17H,4-5,8-11H2,1H3,(H,18,20). The molecule has 0 radical (unpaired) electrons. The molecule has 1 aliphatic heterocycles. The van der Waals surface area contributed by atoms with Gasteiger partial charge in [0, 0.05) is 30.0 Å². The maximum atomic E-state index is 12.0. The van der Waals surface area contributed by atoms with Gasteiger partial charge >= 0.3 is 0 Å². The van der Waals surface area contributed by atoms with E-state index < -0.39 is 0 Å². The molecule has 1 fully saturated rings. The van der Waals surface area contributed by atoms with Crippen LogP contribution in [0.3, 0.4) is 0 Å². The van der Waals surface area contributed by atoms with Gasteiger partial charge in [-0.2, -0.15) is 0 Å². The highest BCUT2D eigenvalue weighted by atomic mass is 79.9. The Bertz CT molecular complexity index is 452. The van der Waals surface area contributed by atoms with Gasteiger partial charge in [-0.1, -0.05) is 12.1 Å². The van der Waals surface area contributed by atoms with Crippen LogP contribution in [-0.2, 0) is 4.79 Å². The monoisotopic (exact) mass is 339 g/mol. The maximum absolute atomic E-state index is 12.0. The van der Waals surface area contributed by atoms with Gasteiger partial charge in [0.15, 0.2) is 0 Å². The molecule has 4 nitrogen and oxygen atoms in total. The number of halogens is 1. The van der Waals surface area contributed by atoms with E-state index in [9.17, 15) is 4.79 Å². The zero-order chi connectivity index (χ0) is 14.4. The first kappa shape index (κ1) is 15.5. The van der Waals surface area contributed by atoms with Crippen molar-refractivity contribution in [1.82, 2.24) is 10.2 Å². The lowest BCUT2D eigenvalue weighted by Gasteiger charge is -2.32. The molecule has 1 heterocycles. The van der Waals surface area contributed by atoms with Crippen LogP contribution in [0.4, 0.5) is 5.69 Å². The molecule has 1 aromatic rings. The van der Waals surface area contributed by atoms with Gasteiger partial charge in [-0.25, -0.2) is 0 Å². The Morgan fingerprint density at radius 2 is 2.25 bits per heavy atom. The number of hydrogen-bond acceptors (Lipinski definition) is 3. The minimum Gasteiger partial charge on any atom is -0.325 e. The average Bonchev–Trinajstić information content (AvgIpc) is 2.48. The molecule has 1 aromatic carbocycles. The summed E-state index contributed by atoms with van der Waals surface area (Å²) >= 11 is 3.44. The second-order valence-corrected chi connectivity index (χ2v) is 6.06. The van der Waals surface area contributed by atoms with Crippen molar-refractivity contribution in [2.75, 3.05) is 32.0 Å². The Morgan fingerprint density at radius 3 is 3.00 bits per heavy atom. The quantitative estimate of drug-likeness (QED) is 0.866. The summed E-state index contributed by atoms with van der Waals surface area (Å²) in [4.78, 5) is 14.3. The Labute approximate surface area is 129 Å². The Morgan fingerprint density at radius 1 is 1.45 bits per heavy atom. The summed E-state index contributed by atoms with van der Waals surface area (Å²) in [7, 11) is 2.01. The Kier molecular flexibility index (Phi) is 6.01. The summed E-state index contributed by atoms with van der Waals surface area (Å²) in [6, 6.07) is 8.25. The third-order valence-corrected chi connectivity index (χ3v) is 4.41. The van der Waals surface area contributed by atoms with Crippen molar-refractivity contribution in [1.29, 1.82) is 0 Å². The molecule has 2 N–H and O–H groups in total. The van der Waals surface area contributed by atoms with E-state index in [0.29, 0.717) is 12.5 Å². The topological polar surface area (TPSA) is 44.4 Å². The first-order chi connectivity index (χ1) is 9.69. The number of carbonyl (C=O) groups is 1. The van der Waals surface area contributed by atoms with E-state index in [4.69, 9.17) is 0 Å². The number of nitrogens with one attached hydrogen (secondary N) is 2. The van der Waals surface area contributed by atoms with Gasteiger partial charge in [-0.15, -0.1) is 0 Å². The highest BCUT2D eigenvalue weighted by Gasteiger charge is 2.18. The van der Waals surface area contributed by atoms with Gasteiger partial charge in [0.2, 0.25) is 5.91 Å². The normalized spacial score (nSPS) is 19.8. The predicted octanol–water partition coefficient (Wildman–Crippen LogP) is 2.46. The fraction of sp³-hybridized carbons (Fsp3) is 0.533. The zero-order valence-electron chi connectivity index (χ0n) is 11.9. The third-order valence-electron chi connectivity index (χ3n) is 3.72. The minimum atomic E-state index is 0.0727.